The third kappa shape index (κ3) is 3.40. The van der Waals surface area contributed by atoms with E-state index in [4.69, 9.17) is 11.6 Å². The second-order valence-corrected chi connectivity index (χ2v) is 6.11. The number of amides is 1. The zero-order valence-corrected chi connectivity index (χ0v) is 13.3. The first-order valence-corrected chi connectivity index (χ1v) is 7.98. The topological polar surface area (TPSA) is 70.7 Å². The Balaban J connectivity index is 1.62. The number of hydrogen-bond donors (Lipinski definition) is 2. The number of pyridine rings is 1. The van der Waals surface area contributed by atoms with E-state index >= 15 is 0 Å². The number of aryl methyl sites for hydroxylation is 1. The van der Waals surface area contributed by atoms with E-state index in [9.17, 15) is 4.79 Å². The largest absolute Gasteiger partial charge is 0.332 e. The van der Waals surface area contributed by atoms with Crippen LogP contribution in [0.5, 0.6) is 0 Å². The highest BCUT2D eigenvalue weighted by Gasteiger charge is 2.09. The number of thioether (sulfide) groups is 1. The van der Waals surface area contributed by atoms with Gasteiger partial charge in [-0.3, -0.25) is 4.79 Å². The third-order valence-corrected chi connectivity index (χ3v) is 4.16. The van der Waals surface area contributed by atoms with Crippen molar-refractivity contribution in [1.82, 2.24) is 15.0 Å². The summed E-state index contributed by atoms with van der Waals surface area (Å²) in [6.07, 6.45) is 1.68. The molecule has 5 nitrogen and oxygen atoms in total. The van der Waals surface area contributed by atoms with E-state index in [1.807, 2.05) is 31.2 Å². The molecular formula is C15H13ClN4OS. The number of nitrogens with one attached hydrogen (secondary N) is 2. The molecule has 0 saturated carbocycles. The van der Waals surface area contributed by atoms with Gasteiger partial charge in [-0.05, 0) is 36.8 Å². The molecule has 1 aromatic carbocycles. The Morgan fingerprint density at radius 3 is 3.05 bits per heavy atom. The van der Waals surface area contributed by atoms with Crippen LogP contribution in [-0.2, 0) is 4.79 Å². The second kappa shape index (κ2) is 6.37. The molecule has 0 saturated heterocycles. The Bertz CT molecular complexity index is 800. The Kier molecular flexibility index (Phi) is 4.31. The van der Waals surface area contributed by atoms with Gasteiger partial charge in [0.05, 0.1) is 22.0 Å². The molecule has 0 fully saturated rings. The summed E-state index contributed by atoms with van der Waals surface area (Å²) in [6.45, 7) is 1.95. The zero-order chi connectivity index (χ0) is 15.5. The fourth-order valence-electron chi connectivity index (χ4n) is 1.93. The Hall–Kier alpha value is -2.05. The summed E-state index contributed by atoms with van der Waals surface area (Å²) in [6, 6.07) is 9.24. The van der Waals surface area contributed by atoms with Crippen molar-refractivity contribution in [2.45, 2.75) is 12.1 Å². The highest BCUT2D eigenvalue weighted by molar-refractivity contribution is 7.99. The van der Waals surface area contributed by atoms with Crippen LogP contribution in [0.1, 0.15) is 5.56 Å². The van der Waals surface area contributed by atoms with Gasteiger partial charge in [0, 0.05) is 6.20 Å². The van der Waals surface area contributed by atoms with Crippen molar-refractivity contribution in [2.75, 3.05) is 11.1 Å². The normalized spacial score (nSPS) is 10.8. The molecule has 0 aliphatic carbocycles. The van der Waals surface area contributed by atoms with E-state index in [-0.39, 0.29) is 11.7 Å². The van der Waals surface area contributed by atoms with Gasteiger partial charge in [0.15, 0.2) is 10.8 Å². The van der Waals surface area contributed by atoms with Gasteiger partial charge in [0.1, 0.15) is 0 Å². The van der Waals surface area contributed by atoms with E-state index in [0.29, 0.717) is 21.5 Å². The highest BCUT2D eigenvalue weighted by atomic mass is 35.5. The molecule has 7 heteroatoms. The van der Waals surface area contributed by atoms with E-state index in [1.54, 1.807) is 12.3 Å². The Morgan fingerprint density at radius 2 is 2.27 bits per heavy atom. The number of carbonyl (C=O) groups excluding carboxylic acids is 1. The molecule has 0 aliphatic heterocycles. The summed E-state index contributed by atoms with van der Waals surface area (Å²) in [7, 11) is 0. The van der Waals surface area contributed by atoms with Crippen molar-refractivity contribution in [3.05, 3.63) is 47.1 Å². The molecule has 22 heavy (non-hydrogen) atoms. The van der Waals surface area contributed by atoms with Crippen molar-refractivity contribution in [3.8, 4) is 0 Å². The number of nitrogens with zero attached hydrogens (tertiary/aromatic N) is 2. The smallest absolute Gasteiger partial charge is 0.234 e. The first-order chi connectivity index (χ1) is 10.6. The van der Waals surface area contributed by atoms with Crippen LogP contribution in [-0.4, -0.2) is 26.6 Å². The van der Waals surface area contributed by atoms with E-state index in [1.165, 1.54) is 11.8 Å². The molecule has 1 amide bonds. The summed E-state index contributed by atoms with van der Waals surface area (Å²) in [4.78, 5) is 23.6. The lowest BCUT2D eigenvalue weighted by Crippen LogP contribution is -2.14. The van der Waals surface area contributed by atoms with Crippen LogP contribution >= 0.6 is 23.4 Å². The minimum Gasteiger partial charge on any atom is -0.332 e. The number of H-pyrrole nitrogens is 1. The molecule has 3 rings (SSSR count). The maximum absolute atomic E-state index is 12.0. The zero-order valence-electron chi connectivity index (χ0n) is 11.8. The van der Waals surface area contributed by atoms with Gasteiger partial charge in [0.25, 0.3) is 0 Å². The minimum atomic E-state index is -0.135. The number of benzene rings is 1. The predicted molar refractivity (Wildman–Crippen MR) is 89.4 cm³/mol. The van der Waals surface area contributed by atoms with Crippen LogP contribution in [0, 0.1) is 6.92 Å². The number of aromatic nitrogens is 3. The SMILES string of the molecule is Cc1ccc(NC(=O)CSc2nc3ncccc3[nH]2)c(Cl)c1. The first-order valence-electron chi connectivity index (χ1n) is 6.61. The van der Waals surface area contributed by atoms with Crippen molar-refractivity contribution < 1.29 is 4.79 Å². The lowest BCUT2D eigenvalue weighted by Gasteiger charge is -2.07. The van der Waals surface area contributed by atoms with Crippen molar-refractivity contribution >= 4 is 46.1 Å². The average Bonchev–Trinajstić information content (AvgIpc) is 2.91. The monoisotopic (exact) mass is 332 g/mol. The summed E-state index contributed by atoms with van der Waals surface area (Å²) < 4.78 is 0. The van der Waals surface area contributed by atoms with Crippen molar-refractivity contribution in [3.63, 3.8) is 0 Å². The number of carbonyl (C=O) groups is 1. The van der Waals surface area contributed by atoms with Crippen molar-refractivity contribution in [2.24, 2.45) is 0 Å². The molecule has 0 aliphatic rings. The van der Waals surface area contributed by atoms with Gasteiger partial charge in [-0.25, -0.2) is 9.97 Å². The Labute approximate surface area is 136 Å². The van der Waals surface area contributed by atoms with Crippen LogP contribution in [0.15, 0.2) is 41.7 Å². The summed E-state index contributed by atoms with van der Waals surface area (Å²) >= 11 is 7.42. The molecule has 0 bridgehead atoms. The maximum atomic E-state index is 12.0. The van der Waals surface area contributed by atoms with Gasteiger partial charge in [-0.15, -0.1) is 0 Å². The van der Waals surface area contributed by atoms with Crippen LogP contribution in [0.4, 0.5) is 5.69 Å². The fourth-order valence-corrected chi connectivity index (χ4v) is 2.89. The average molecular weight is 333 g/mol. The second-order valence-electron chi connectivity index (χ2n) is 4.74. The number of imidazole rings is 1. The number of aromatic amines is 1. The number of fused-ring (bicyclic) bond motifs is 1. The molecule has 2 heterocycles. The lowest BCUT2D eigenvalue weighted by atomic mass is 10.2. The first kappa shape index (κ1) is 14.9. The van der Waals surface area contributed by atoms with Crippen LogP contribution in [0.2, 0.25) is 5.02 Å². The number of halogens is 1. The summed E-state index contributed by atoms with van der Waals surface area (Å²) in [5.41, 5.74) is 3.16. The third-order valence-electron chi connectivity index (χ3n) is 2.97. The minimum absolute atomic E-state index is 0.135. The van der Waals surface area contributed by atoms with Crippen LogP contribution < -0.4 is 5.32 Å². The number of anilines is 1. The van der Waals surface area contributed by atoms with Crippen LogP contribution in [0.3, 0.4) is 0 Å². The van der Waals surface area contributed by atoms with Gasteiger partial charge in [-0.1, -0.05) is 29.4 Å². The highest BCUT2D eigenvalue weighted by Crippen LogP contribution is 2.23. The van der Waals surface area contributed by atoms with Gasteiger partial charge < -0.3 is 10.3 Å². The summed E-state index contributed by atoms with van der Waals surface area (Å²) in [5.74, 6) is 0.105. The standard InChI is InChI=1S/C15H13ClN4OS/c1-9-4-5-11(10(16)7-9)18-13(21)8-22-15-19-12-3-2-6-17-14(12)20-15/h2-7H,8H2,1H3,(H,18,21)(H,17,19,20). The van der Waals surface area contributed by atoms with Crippen molar-refractivity contribution in [1.29, 1.82) is 0 Å². The molecule has 0 atom stereocenters. The van der Waals surface area contributed by atoms with E-state index < -0.39 is 0 Å². The molecule has 2 aromatic heterocycles. The van der Waals surface area contributed by atoms with E-state index in [2.05, 4.69) is 20.3 Å². The number of rotatable bonds is 4. The van der Waals surface area contributed by atoms with Gasteiger partial charge in [0.2, 0.25) is 5.91 Å². The molecule has 0 radical (unpaired) electrons. The fraction of sp³-hybridized carbons (Fsp3) is 0.133. The van der Waals surface area contributed by atoms with Crippen LogP contribution in [0.25, 0.3) is 11.2 Å². The van der Waals surface area contributed by atoms with Gasteiger partial charge in [-0.2, -0.15) is 0 Å². The molecule has 0 unspecified atom stereocenters. The number of hydrogen-bond acceptors (Lipinski definition) is 4. The van der Waals surface area contributed by atoms with E-state index in [0.717, 1.165) is 11.1 Å². The lowest BCUT2D eigenvalue weighted by molar-refractivity contribution is -0.113. The quantitative estimate of drug-likeness (QED) is 0.715. The predicted octanol–water partition coefficient (Wildman–Crippen LogP) is 3.65. The molecule has 112 valence electrons. The molecule has 2 N–H and O–H groups in total. The Morgan fingerprint density at radius 1 is 1.41 bits per heavy atom. The molecule has 3 aromatic rings. The summed E-state index contributed by atoms with van der Waals surface area (Å²) in [5, 5.41) is 3.99. The van der Waals surface area contributed by atoms with Gasteiger partial charge >= 0.3 is 0 Å². The molecule has 0 spiro atoms. The maximum Gasteiger partial charge on any atom is 0.234 e. The molecular weight excluding hydrogens is 320 g/mol.